The maximum absolute atomic E-state index is 11.7. The Morgan fingerprint density at radius 3 is 2.74 bits per heavy atom. The van der Waals surface area contributed by atoms with Gasteiger partial charge in [0.05, 0.1) is 7.11 Å². The number of likely N-dealkylation sites (tertiary alicyclic amines) is 1. The number of rotatable bonds is 8. The fourth-order valence-corrected chi connectivity index (χ4v) is 2.69. The molecule has 0 radical (unpaired) electrons. The summed E-state index contributed by atoms with van der Waals surface area (Å²) in [6.45, 7) is 10.9. The third-order valence-corrected chi connectivity index (χ3v) is 4.11. The van der Waals surface area contributed by atoms with Crippen LogP contribution in [0.4, 0.5) is 0 Å². The van der Waals surface area contributed by atoms with Crippen LogP contribution in [-0.2, 0) is 9.53 Å². The van der Waals surface area contributed by atoms with Crippen LogP contribution in [0.1, 0.15) is 40.0 Å². The van der Waals surface area contributed by atoms with E-state index in [1.165, 1.54) is 26.6 Å². The molecule has 112 valence electrons. The van der Waals surface area contributed by atoms with Crippen LogP contribution in [-0.4, -0.2) is 50.2 Å². The number of carbonyl (C=O) groups is 1. The number of carbonyl (C=O) groups excluding carboxylic acids is 1. The van der Waals surface area contributed by atoms with Crippen molar-refractivity contribution in [3.8, 4) is 0 Å². The van der Waals surface area contributed by atoms with Crippen molar-refractivity contribution in [1.82, 2.24) is 10.2 Å². The number of nitrogens with zero attached hydrogens (tertiary/aromatic N) is 1. The zero-order chi connectivity index (χ0) is 14.3. The van der Waals surface area contributed by atoms with E-state index in [-0.39, 0.29) is 12.0 Å². The molecule has 0 aromatic heterocycles. The van der Waals surface area contributed by atoms with Gasteiger partial charge in [-0.25, -0.2) is 0 Å². The zero-order valence-electron chi connectivity index (χ0n) is 12.9. The third kappa shape index (κ3) is 5.49. The molecule has 19 heavy (non-hydrogen) atoms. The van der Waals surface area contributed by atoms with Crippen molar-refractivity contribution in [3.63, 3.8) is 0 Å². The molecule has 0 amide bonds. The molecule has 1 aliphatic heterocycles. The molecular formula is C15H30N2O2. The first-order valence-electron chi connectivity index (χ1n) is 7.62. The molecule has 0 aromatic rings. The van der Waals surface area contributed by atoms with Crippen molar-refractivity contribution < 1.29 is 9.53 Å². The Morgan fingerprint density at radius 2 is 2.21 bits per heavy atom. The fourth-order valence-electron chi connectivity index (χ4n) is 2.69. The summed E-state index contributed by atoms with van der Waals surface area (Å²) in [6, 6.07) is -0.150. The Hall–Kier alpha value is -0.610. The molecule has 0 spiro atoms. The van der Waals surface area contributed by atoms with Gasteiger partial charge in [0.15, 0.2) is 0 Å². The van der Waals surface area contributed by atoms with E-state index in [1.54, 1.807) is 0 Å². The van der Waals surface area contributed by atoms with Gasteiger partial charge in [-0.3, -0.25) is 4.79 Å². The summed E-state index contributed by atoms with van der Waals surface area (Å²) in [5.74, 6) is 1.45. The highest BCUT2D eigenvalue weighted by atomic mass is 16.5. The highest BCUT2D eigenvalue weighted by Crippen LogP contribution is 2.23. The third-order valence-electron chi connectivity index (χ3n) is 4.11. The molecule has 0 aromatic carbocycles. The molecule has 0 saturated carbocycles. The van der Waals surface area contributed by atoms with Crippen LogP contribution < -0.4 is 5.32 Å². The molecule has 1 N–H and O–H groups in total. The number of nitrogens with one attached hydrogen (secondary N) is 1. The van der Waals surface area contributed by atoms with Crippen LogP contribution >= 0.6 is 0 Å². The van der Waals surface area contributed by atoms with Crippen molar-refractivity contribution in [2.45, 2.75) is 46.1 Å². The minimum atomic E-state index is -0.150. The number of esters is 1. The van der Waals surface area contributed by atoms with E-state index in [1.807, 2.05) is 0 Å². The highest BCUT2D eigenvalue weighted by Gasteiger charge is 2.26. The van der Waals surface area contributed by atoms with Crippen molar-refractivity contribution in [1.29, 1.82) is 0 Å². The quantitative estimate of drug-likeness (QED) is 0.684. The van der Waals surface area contributed by atoms with Crippen molar-refractivity contribution in [3.05, 3.63) is 0 Å². The second-order valence-electron chi connectivity index (χ2n) is 5.91. The molecule has 1 rings (SSSR count). The lowest BCUT2D eigenvalue weighted by molar-refractivity contribution is -0.143. The van der Waals surface area contributed by atoms with Crippen LogP contribution in [0.2, 0.25) is 0 Å². The van der Waals surface area contributed by atoms with Gasteiger partial charge in [-0.2, -0.15) is 0 Å². The first-order chi connectivity index (χ1) is 9.08. The largest absolute Gasteiger partial charge is 0.468 e. The van der Waals surface area contributed by atoms with Gasteiger partial charge in [-0.1, -0.05) is 20.8 Å². The average molecular weight is 270 g/mol. The molecule has 1 fully saturated rings. The molecule has 4 heteroatoms. The van der Waals surface area contributed by atoms with Crippen LogP contribution in [0.5, 0.6) is 0 Å². The molecule has 1 heterocycles. The first-order valence-corrected chi connectivity index (χ1v) is 7.62. The molecule has 1 saturated heterocycles. The summed E-state index contributed by atoms with van der Waals surface area (Å²) in [6.07, 6.45) is 3.17. The minimum Gasteiger partial charge on any atom is -0.468 e. The van der Waals surface area contributed by atoms with E-state index < -0.39 is 0 Å². The van der Waals surface area contributed by atoms with Gasteiger partial charge < -0.3 is 15.0 Å². The zero-order valence-corrected chi connectivity index (χ0v) is 12.9. The molecule has 0 aliphatic carbocycles. The van der Waals surface area contributed by atoms with Gasteiger partial charge in [-0.15, -0.1) is 0 Å². The predicted molar refractivity (Wildman–Crippen MR) is 78.1 cm³/mol. The van der Waals surface area contributed by atoms with Gasteiger partial charge in [0.1, 0.15) is 6.04 Å². The standard InChI is InChI=1S/C15H30N2O2/c1-5-8-16-14(15(18)19-4)7-10-17-9-6-13(11-17)12(2)3/h12-14,16H,5-11H2,1-4H3. The number of ether oxygens (including phenoxy) is 1. The SMILES string of the molecule is CCCNC(CCN1CCC(C(C)C)C1)C(=O)OC. The van der Waals surface area contributed by atoms with Crippen LogP contribution in [0.15, 0.2) is 0 Å². The minimum absolute atomic E-state index is 0.131. The maximum Gasteiger partial charge on any atom is 0.322 e. The van der Waals surface area contributed by atoms with E-state index in [0.29, 0.717) is 0 Å². The normalized spacial score (nSPS) is 21.8. The second-order valence-corrected chi connectivity index (χ2v) is 5.91. The van der Waals surface area contributed by atoms with Crippen LogP contribution in [0.25, 0.3) is 0 Å². The summed E-state index contributed by atoms with van der Waals surface area (Å²) >= 11 is 0. The summed E-state index contributed by atoms with van der Waals surface area (Å²) in [7, 11) is 1.47. The van der Waals surface area contributed by atoms with Gasteiger partial charge in [0, 0.05) is 13.1 Å². The molecule has 0 bridgehead atoms. The Balaban J connectivity index is 2.33. The first kappa shape index (κ1) is 16.4. The van der Waals surface area contributed by atoms with Crippen molar-refractivity contribution in [2.75, 3.05) is 33.3 Å². The highest BCUT2D eigenvalue weighted by molar-refractivity contribution is 5.75. The van der Waals surface area contributed by atoms with Crippen LogP contribution in [0.3, 0.4) is 0 Å². The molecule has 2 unspecified atom stereocenters. The smallest absolute Gasteiger partial charge is 0.322 e. The lowest BCUT2D eigenvalue weighted by Gasteiger charge is -2.21. The lowest BCUT2D eigenvalue weighted by Crippen LogP contribution is -2.40. The predicted octanol–water partition coefficient (Wildman–Crippen LogP) is 1.90. The molecule has 1 aliphatic rings. The Labute approximate surface area is 117 Å². The topological polar surface area (TPSA) is 41.6 Å². The number of methoxy groups -OCH3 is 1. The van der Waals surface area contributed by atoms with Gasteiger partial charge in [-0.05, 0) is 44.2 Å². The molecular weight excluding hydrogens is 240 g/mol. The van der Waals surface area contributed by atoms with E-state index >= 15 is 0 Å². The lowest BCUT2D eigenvalue weighted by atomic mass is 9.95. The Kier molecular flexibility index (Phi) is 7.39. The fraction of sp³-hybridized carbons (Fsp3) is 0.933. The summed E-state index contributed by atoms with van der Waals surface area (Å²) in [4.78, 5) is 14.2. The van der Waals surface area contributed by atoms with Gasteiger partial charge in [0.25, 0.3) is 0 Å². The van der Waals surface area contributed by atoms with Gasteiger partial charge >= 0.3 is 5.97 Å². The summed E-state index contributed by atoms with van der Waals surface area (Å²) in [5.41, 5.74) is 0. The average Bonchev–Trinajstić information content (AvgIpc) is 2.87. The van der Waals surface area contributed by atoms with E-state index in [4.69, 9.17) is 4.74 Å². The molecule has 4 nitrogen and oxygen atoms in total. The maximum atomic E-state index is 11.7. The second kappa shape index (κ2) is 8.54. The summed E-state index contributed by atoms with van der Waals surface area (Å²) < 4.78 is 4.86. The molecule has 2 atom stereocenters. The van der Waals surface area contributed by atoms with Crippen molar-refractivity contribution in [2.24, 2.45) is 11.8 Å². The van der Waals surface area contributed by atoms with E-state index in [0.717, 1.165) is 37.8 Å². The van der Waals surface area contributed by atoms with Crippen LogP contribution in [0, 0.1) is 11.8 Å². The Bertz CT molecular complexity index is 269. The van der Waals surface area contributed by atoms with E-state index in [2.05, 4.69) is 31.0 Å². The number of hydrogen-bond donors (Lipinski definition) is 1. The van der Waals surface area contributed by atoms with Crippen molar-refractivity contribution >= 4 is 5.97 Å². The summed E-state index contributed by atoms with van der Waals surface area (Å²) in [5, 5.41) is 3.28. The monoisotopic (exact) mass is 270 g/mol. The van der Waals surface area contributed by atoms with E-state index in [9.17, 15) is 4.79 Å². The Morgan fingerprint density at radius 1 is 1.47 bits per heavy atom. The van der Waals surface area contributed by atoms with Gasteiger partial charge in [0.2, 0.25) is 0 Å². The number of hydrogen-bond acceptors (Lipinski definition) is 4.